The number of nitrogens with one attached hydrogen (secondary N) is 2. The SMILES string of the molecule is CC1CC1N(C(=O)C(CO)NC(=O)OC(C)(C)C)C(C(=O)NC(Cc1ccccc1)C(=O)OC(C)(C)C)c1ccccc1. The molecule has 1 aliphatic carbocycles. The second-order valence-electron chi connectivity index (χ2n) is 13.0. The Morgan fingerprint density at radius 2 is 1.40 bits per heavy atom. The van der Waals surface area contributed by atoms with Crippen molar-refractivity contribution in [2.45, 2.75) is 96.7 Å². The van der Waals surface area contributed by atoms with Crippen molar-refractivity contribution < 1.29 is 33.8 Å². The lowest BCUT2D eigenvalue weighted by molar-refractivity contribution is -0.159. The first-order valence-corrected chi connectivity index (χ1v) is 14.6. The van der Waals surface area contributed by atoms with Crippen LogP contribution in [-0.4, -0.2) is 69.8 Å². The highest BCUT2D eigenvalue weighted by molar-refractivity contribution is 5.94. The van der Waals surface area contributed by atoms with Crippen LogP contribution in [0.25, 0.3) is 0 Å². The Kier molecular flexibility index (Phi) is 11.0. The second-order valence-corrected chi connectivity index (χ2v) is 13.0. The first-order chi connectivity index (χ1) is 20.1. The molecule has 3 N–H and O–H groups in total. The van der Waals surface area contributed by atoms with Crippen molar-refractivity contribution in [1.29, 1.82) is 0 Å². The van der Waals surface area contributed by atoms with Gasteiger partial charge in [-0.25, -0.2) is 9.59 Å². The van der Waals surface area contributed by atoms with Crippen molar-refractivity contribution in [2.75, 3.05) is 6.61 Å². The molecular weight excluding hydrogens is 550 g/mol. The smallest absolute Gasteiger partial charge is 0.408 e. The minimum Gasteiger partial charge on any atom is -0.458 e. The molecule has 0 saturated heterocycles. The summed E-state index contributed by atoms with van der Waals surface area (Å²) in [7, 11) is 0. The van der Waals surface area contributed by atoms with Crippen LogP contribution in [0.2, 0.25) is 0 Å². The molecule has 5 atom stereocenters. The Morgan fingerprint density at radius 3 is 1.88 bits per heavy atom. The molecule has 0 heterocycles. The van der Waals surface area contributed by atoms with Crippen molar-refractivity contribution in [3.05, 3.63) is 71.8 Å². The molecule has 10 heteroatoms. The third kappa shape index (κ3) is 10.1. The molecule has 3 rings (SSSR count). The molecule has 234 valence electrons. The number of hydrogen-bond acceptors (Lipinski definition) is 7. The van der Waals surface area contributed by atoms with E-state index >= 15 is 0 Å². The monoisotopic (exact) mass is 595 g/mol. The number of aliphatic hydroxyl groups is 1. The molecule has 0 aliphatic heterocycles. The number of carbonyl (C=O) groups excluding carboxylic acids is 4. The summed E-state index contributed by atoms with van der Waals surface area (Å²) in [6, 6.07) is 14.2. The molecule has 2 aromatic carbocycles. The fraction of sp³-hybridized carbons (Fsp3) is 0.515. The largest absolute Gasteiger partial charge is 0.458 e. The predicted molar refractivity (Wildman–Crippen MR) is 162 cm³/mol. The summed E-state index contributed by atoms with van der Waals surface area (Å²) in [4.78, 5) is 55.6. The number of esters is 1. The Morgan fingerprint density at radius 1 is 0.860 bits per heavy atom. The van der Waals surface area contributed by atoms with Gasteiger partial charge in [0.15, 0.2) is 0 Å². The van der Waals surface area contributed by atoms with Crippen molar-refractivity contribution in [1.82, 2.24) is 15.5 Å². The average molecular weight is 596 g/mol. The molecular formula is C33H45N3O7. The molecule has 0 spiro atoms. The Bertz CT molecular complexity index is 1250. The van der Waals surface area contributed by atoms with Crippen molar-refractivity contribution in [3.8, 4) is 0 Å². The van der Waals surface area contributed by atoms with Gasteiger partial charge in [-0.15, -0.1) is 0 Å². The summed E-state index contributed by atoms with van der Waals surface area (Å²) in [5.41, 5.74) is -0.271. The first-order valence-electron chi connectivity index (χ1n) is 14.6. The number of carbonyl (C=O) groups is 4. The van der Waals surface area contributed by atoms with E-state index in [9.17, 15) is 24.3 Å². The molecule has 3 amide bonds. The summed E-state index contributed by atoms with van der Waals surface area (Å²) < 4.78 is 11.0. The van der Waals surface area contributed by atoms with Crippen LogP contribution < -0.4 is 10.6 Å². The van der Waals surface area contributed by atoms with Crippen LogP contribution >= 0.6 is 0 Å². The number of hydrogen-bond donors (Lipinski definition) is 3. The number of amides is 3. The van der Waals surface area contributed by atoms with Crippen molar-refractivity contribution >= 4 is 23.9 Å². The number of aliphatic hydroxyl groups excluding tert-OH is 1. The average Bonchev–Trinajstić information content (AvgIpc) is 3.64. The van der Waals surface area contributed by atoms with Crippen LogP contribution in [-0.2, 0) is 30.3 Å². The highest BCUT2D eigenvalue weighted by Gasteiger charge is 2.48. The lowest BCUT2D eigenvalue weighted by atomic mass is 10.0. The zero-order chi connectivity index (χ0) is 31.9. The lowest BCUT2D eigenvalue weighted by Gasteiger charge is -2.35. The fourth-order valence-electron chi connectivity index (χ4n) is 4.73. The quantitative estimate of drug-likeness (QED) is 0.335. The highest BCUT2D eigenvalue weighted by atomic mass is 16.6. The highest BCUT2D eigenvalue weighted by Crippen LogP contribution is 2.40. The number of ether oxygens (including phenoxy) is 2. The zero-order valence-electron chi connectivity index (χ0n) is 26.1. The standard InChI is InChI=1S/C33H45N3O7/c1-21-18-26(21)36(29(39)25(20-37)35-31(41)43-33(5,6)7)27(23-16-12-9-13-17-23)28(38)34-24(30(40)42-32(2,3)4)19-22-14-10-8-11-15-22/h8-17,21,24-27,37H,18-20H2,1-7H3,(H,34,38)(H,35,41). The van der Waals surface area contributed by atoms with Gasteiger partial charge in [0.25, 0.3) is 0 Å². The molecule has 0 aromatic heterocycles. The summed E-state index contributed by atoms with van der Waals surface area (Å²) in [6.07, 6.45) is -0.0554. The summed E-state index contributed by atoms with van der Waals surface area (Å²) in [5.74, 6) is -1.74. The zero-order valence-corrected chi connectivity index (χ0v) is 26.1. The maximum Gasteiger partial charge on any atom is 0.408 e. The third-order valence-corrected chi connectivity index (χ3v) is 6.78. The predicted octanol–water partition coefficient (Wildman–Crippen LogP) is 3.92. The van der Waals surface area contributed by atoms with E-state index in [0.717, 1.165) is 5.56 Å². The van der Waals surface area contributed by atoms with E-state index in [1.54, 1.807) is 71.9 Å². The number of nitrogens with zero attached hydrogens (tertiary/aromatic N) is 1. The molecule has 2 aromatic rings. The van der Waals surface area contributed by atoms with Gasteiger partial charge in [0, 0.05) is 12.5 Å². The molecule has 0 radical (unpaired) electrons. The van der Waals surface area contributed by atoms with E-state index in [2.05, 4.69) is 10.6 Å². The van der Waals surface area contributed by atoms with Crippen molar-refractivity contribution in [2.24, 2.45) is 5.92 Å². The van der Waals surface area contributed by atoms with E-state index in [0.29, 0.717) is 12.0 Å². The van der Waals surface area contributed by atoms with E-state index in [1.165, 1.54) is 4.90 Å². The second kappa shape index (κ2) is 14.0. The van der Waals surface area contributed by atoms with Gasteiger partial charge in [-0.1, -0.05) is 67.6 Å². The molecule has 5 unspecified atom stereocenters. The molecule has 1 aliphatic rings. The number of alkyl carbamates (subject to hydrolysis) is 1. The van der Waals surface area contributed by atoms with Gasteiger partial charge in [0.05, 0.1) is 6.61 Å². The summed E-state index contributed by atoms with van der Waals surface area (Å²) in [5, 5.41) is 15.5. The Hall–Kier alpha value is -3.92. The fourth-order valence-corrected chi connectivity index (χ4v) is 4.73. The van der Waals surface area contributed by atoms with Gasteiger partial charge in [0.2, 0.25) is 11.8 Å². The van der Waals surface area contributed by atoms with E-state index in [-0.39, 0.29) is 18.4 Å². The van der Waals surface area contributed by atoms with Gasteiger partial charge in [-0.05, 0) is 65.0 Å². The Labute approximate surface area is 254 Å². The van der Waals surface area contributed by atoms with Gasteiger partial charge in [-0.3, -0.25) is 9.59 Å². The molecule has 0 bridgehead atoms. The molecule has 10 nitrogen and oxygen atoms in total. The number of rotatable bonds is 11. The maximum absolute atomic E-state index is 14.2. The third-order valence-electron chi connectivity index (χ3n) is 6.78. The van der Waals surface area contributed by atoms with Crippen LogP contribution in [0.5, 0.6) is 0 Å². The van der Waals surface area contributed by atoms with Crippen molar-refractivity contribution in [3.63, 3.8) is 0 Å². The molecule has 1 saturated carbocycles. The minimum atomic E-state index is -1.35. The van der Waals surface area contributed by atoms with Gasteiger partial charge in [0.1, 0.15) is 29.3 Å². The van der Waals surface area contributed by atoms with E-state index < -0.39 is 59.8 Å². The summed E-state index contributed by atoms with van der Waals surface area (Å²) in [6.45, 7) is 11.6. The first kappa shape index (κ1) is 33.6. The Balaban J connectivity index is 1.98. The van der Waals surface area contributed by atoms with E-state index in [1.807, 2.05) is 37.3 Å². The van der Waals surface area contributed by atoms with Crippen LogP contribution in [0.1, 0.15) is 72.1 Å². The molecule has 43 heavy (non-hydrogen) atoms. The molecule has 1 fully saturated rings. The maximum atomic E-state index is 14.2. The van der Waals surface area contributed by atoms with Crippen LogP contribution in [0, 0.1) is 5.92 Å². The topological polar surface area (TPSA) is 134 Å². The normalized spacial score (nSPS) is 18.4. The lowest BCUT2D eigenvalue weighted by Crippen LogP contribution is -2.56. The van der Waals surface area contributed by atoms with Crippen LogP contribution in [0.15, 0.2) is 60.7 Å². The van der Waals surface area contributed by atoms with Gasteiger partial charge >= 0.3 is 12.1 Å². The minimum absolute atomic E-state index is 0.0785. The summed E-state index contributed by atoms with van der Waals surface area (Å²) >= 11 is 0. The van der Waals surface area contributed by atoms with Gasteiger partial charge < -0.3 is 30.1 Å². The van der Waals surface area contributed by atoms with Gasteiger partial charge in [-0.2, -0.15) is 0 Å². The van der Waals surface area contributed by atoms with E-state index in [4.69, 9.17) is 9.47 Å². The van der Waals surface area contributed by atoms with Crippen LogP contribution in [0.4, 0.5) is 4.79 Å². The number of benzene rings is 2. The van der Waals surface area contributed by atoms with Crippen LogP contribution in [0.3, 0.4) is 0 Å².